The molecule has 3 amide bonds. The molecular weight excluding hydrogens is 464 g/mol. The summed E-state index contributed by atoms with van der Waals surface area (Å²) >= 11 is 0. The van der Waals surface area contributed by atoms with Gasteiger partial charge in [0, 0.05) is 32.6 Å². The van der Waals surface area contributed by atoms with E-state index in [0.29, 0.717) is 6.54 Å². The second-order valence-corrected chi connectivity index (χ2v) is 8.65. The second-order valence-electron chi connectivity index (χ2n) is 8.65. The third-order valence-electron chi connectivity index (χ3n) is 5.71. The summed E-state index contributed by atoms with van der Waals surface area (Å²) in [5.74, 6) is -4.19. The predicted octanol–water partition coefficient (Wildman–Crippen LogP) is 3.60. The number of likely N-dealkylation sites (N-methyl/N-ethyl adjacent to an activating group) is 1. The number of benzene rings is 3. The van der Waals surface area contributed by atoms with Gasteiger partial charge in [-0.15, -0.1) is 0 Å². The average molecular weight is 494 g/mol. The minimum atomic E-state index is -1.13. The molecule has 0 saturated heterocycles. The number of nitrogens with zero attached hydrogens (tertiary/aromatic N) is 1. The zero-order chi connectivity index (χ0) is 26.1. The van der Waals surface area contributed by atoms with Crippen LogP contribution in [0.5, 0.6) is 0 Å². The molecule has 0 radical (unpaired) electrons. The molecule has 0 heterocycles. The smallest absolute Gasteiger partial charge is 0.245 e. The van der Waals surface area contributed by atoms with Crippen molar-refractivity contribution in [2.75, 3.05) is 7.05 Å². The first-order valence-corrected chi connectivity index (χ1v) is 11.6. The van der Waals surface area contributed by atoms with Gasteiger partial charge in [-0.25, -0.2) is 8.78 Å². The van der Waals surface area contributed by atoms with E-state index in [2.05, 4.69) is 10.6 Å². The minimum absolute atomic E-state index is 0.142. The molecule has 0 aromatic heterocycles. The van der Waals surface area contributed by atoms with Gasteiger partial charge in [0.15, 0.2) is 0 Å². The van der Waals surface area contributed by atoms with Gasteiger partial charge in [-0.05, 0) is 35.7 Å². The Balaban J connectivity index is 1.66. The normalized spacial score (nSPS) is 12.3. The Morgan fingerprint density at radius 2 is 1.36 bits per heavy atom. The lowest BCUT2D eigenvalue weighted by Gasteiger charge is -2.26. The summed E-state index contributed by atoms with van der Waals surface area (Å²) in [6.45, 7) is 1.63. The molecule has 0 aliphatic rings. The van der Waals surface area contributed by atoms with Crippen LogP contribution in [0.3, 0.4) is 0 Å². The van der Waals surface area contributed by atoms with E-state index in [9.17, 15) is 23.2 Å². The Morgan fingerprint density at radius 1 is 0.806 bits per heavy atom. The van der Waals surface area contributed by atoms with E-state index in [1.807, 2.05) is 60.7 Å². The molecule has 0 bridgehead atoms. The fourth-order valence-corrected chi connectivity index (χ4v) is 3.72. The molecule has 0 aliphatic heterocycles. The van der Waals surface area contributed by atoms with E-state index in [0.717, 1.165) is 29.3 Å². The van der Waals surface area contributed by atoms with Gasteiger partial charge >= 0.3 is 0 Å². The molecule has 0 fully saturated rings. The largest absolute Gasteiger partial charge is 0.351 e. The number of nitrogens with one attached hydrogen (secondary N) is 2. The number of hydrogen-bond acceptors (Lipinski definition) is 3. The summed E-state index contributed by atoms with van der Waals surface area (Å²) in [5, 5.41) is 5.23. The van der Waals surface area contributed by atoms with Crippen LogP contribution in [0.4, 0.5) is 8.78 Å². The number of hydrogen-bond donors (Lipinski definition) is 2. The highest BCUT2D eigenvalue weighted by molar-refractivity contribution is 6.01. The summed E-state index contributed by atoms with van der Waals surface area (Å²) in [6.07, 6.45) is 0.251. The van der Waals surface area contributed by atoms with Crippen LogP contribution in [0.1, 0.15) is 23.6 Å². The SMILES string of the molecule is CC(C(=O)NCc1cc(F)cc(F)c1)C(=O)NC(Cc1ccccc1)C(=O)N(C)Cc1ccccc1. The summed E-state index contributed by atoms with van der Waals surface area (Å²) < 4.78 is 26.8. The van der Waals surface area contributed by atoms with Crippen LogP contribution in [0.25, 0.3) is 0 Å². The van der Waals surface area contributed by atoms with Gasteiger partial charge in [0.2, 0.25) is 17.7 Å². The summed E-state index contributed by atoms with van der Waals surface area (Å²) in [4.78, 5) is 40.3. The van der Waals surface area contributed by atoms with Crippen LogP contribution in [0.15, 0.2) is 78.9 Å². The molecule has 0 aliphatic carbocycles. The number of rotatable bonds is 10. The van der Waals surface area contributed by atoms with Crippen molar-refractivity contribution < 1.29 is 23.2 Å². The summed E-state index contributed by atoms with van der Waals surface area (Å²) in [6, 6.07) is 20.8. The Labute approximate surface area is 209 Å². The highest BCUT2D eigenvalue weighted by Gasteiger charge is 2.29. The predicted molar refractivity (Wildman–Crippen MR) is 132 cm³/mol. The van der Waals surface area contributed by atoms with E-state index >= 15 is 0 Å². The van der Waals surface area contributed by atoms with Crippen LogP contribution < -0.4 is 10.6 Å². The Kier molecular flexibility index (Phi) is 9.27. The first-order valence-electron chi connectivity index (χ1n) is 11.6. The van der Waals surface area contributed by atoms with Crippen molar-refractivity contribution in [2.24, 2.45) is 5.92 Å². The second kappa shape index (κ2) is 12.6. The number of halogens is 2. The van der Waals surface area contributed by atoms with Crippen molar-refractivity contribution in [3.05, 3.63) is 107 Å². The monoisotopic (exact) mass is 493 g/mol. The van der Waals surface area contributed by atoms with Crippen LogP contribution in [-0.2, 0) is 33.9 Å². The maximum atomic E-state index is 13.4. The molecule has 8 heteroatoms. The Bertz CT molecular complexity index is 1170. The molecule has 2 unspecified atom stereocenters. The molecule has 3 rings (SSSR count). The van der Waals surface area contributed by atoms with E-state index in [1.165, 1.54) is 11.8 Å². The Morgan fingerprint density at radius 3 is 1.94 bits per heavy atom. The summed E-state index contributed by atoms with van der Waals surface area (Å²) in [5.41, 5.74) is 2.03. The van der Waals surface area contributed by atoms with Crippen LogP contribution in [0, 0.1) is 17.6 Å². The molecule has 2 N–H and O–H groups in total. The van der Waals surface area contributed by atoms with Crippen LogP contribution >= 0.6 is 0 Å². The quantitative estimate of drug-likeness (QED) is 0.424. The van der Waals surface area contributed by atoms with E-state index in [4.69, 9.17) is 0 Å². The van der Waals surface area contributed by atoms with Gasteiger partial charge in [0.05, 0.1) is 0 Å². The van der Waals surface area contributed by atoms with Crippen molar-refractivity contribution in [1.29, 1.82) is 0 Å². The molecular formula is C28H29F2N3O3. The van der Waals surface area contributed by atoms with Gasteiger partial charge in [-0.2, -0.15) is 0 Å². The van der Waals surface area contributed by atoms with E-state index in [1.54, 1.807) is 7.05 Å². The minimum Gasteiger partial charge on any atom is -0.351 e. The summed E-state index contributed by atoms with van der Waals surface area (Å²) in [7, 11) is 1.66. The molecule has 3 aromatic carbocycles. The van der Waals surface area contributed by atoms with E-state index in [-0.39, 0.29) is 24.4 Å². The maximum Gasteiger partial charge on any atom is 0.245 e. The molecule has 188 valence electrons. The third kappa shape index (κ3) is 7.73. The third-order valence-corrected chi connectivity index (χ3v) is 5.71. The zero-order valence-electron chi connectivity index (χ0n) is 20.2. The fourth-order valence-electron chi connectivity index (χ4n) is 3.72. The van der Waals surface area contributed by atoms with Crippen molar-refractivity contribution in [2.45, 2.75) is 32.5 Å². The standard InChI is InChI=1S/C28H29F2N3O3/c1-19(26(34)31-17-22-13-23(29)16-24(30)14-22)27(35)32-25(15-20-9-5-3-6-10-20)28(36)33(2)18-21-11-7-4-8-12-21/h3-14,16,19,25H,15,17-18H2,1-2H3,(H,31,34)(H,32,35). The first-order chi connectivity index (χ1) is 17.2. The van der Waals surface area contributed by atoms with Crippen LogP contribution in [0.2, 0.25) is 0 Å². The van der Waals surface area contributed by atoms with Crippen molar-refractivity contribution in [3.63, 3.8) is 0 Å². The van der Waals surface area contributed by atoms with Gasteiger partial charge < -0.3 is 15.5 Å². The van der Waals surface area contributed by atoms with Crippen molar-refractivity contribution >= 4 is 17.7 Å². The average Bonchev–Trinajstić information content (AvgIpc) is 2.86. The topological polar surface area (TPSA) is 78.5 Å². The fraction of sp³-hybridized carbons (Fsp3) is 0.250. The lowest BCUT2D eigenvalue weighted by molar-refractivity contribution is -0.140. The molecule has 2 atom stereocenters. The highest BCUT2D eigenvalue weighted by Crippen LogP contribution is 2.11. The number of carbonyl (C=O) groups excluding carboxylic acids is 3. The maximum absolute atomic E-state index is 13.4. The van der Waals surface area contributed by atoms with Gasteiger partial charge in [-0.3, -0.25) is 14.4 Å². The lowest BCUT2D eigenvalue weighted by Crippen LogP contribution is -2.51. The van der Waals surface area contributed by atoms with Crippen LogP contribution in [-0.4, -0.2) is 35.7 Å². The number of amides is 3. The zero-order valence-corrected chi connectivity index (χ0v) is 20.2. The van der Waals surface area contributed by atoms with Gasteiger partial charge in [0.25, 0.3) is 0 Å². The molecule has 3 aromatic rings. The molecule has 0 saturated carbocycles. The lowest BCUT2D eigenvalue weighted by atomic mass is 10.0. The van der Waals surface area contributed by atoms with Crippen molar-refractivity contribution in [3.8, 4) is 0 Å². The molecule has 0 spiro atoms. The Hall–Kier alpha value is -4.07. The molecule has 36 heavy (non-hydrogen) atoms. The number of carbonyl (C=O) groups is 3. The van der Waals surface area contributed by atoms with Crippen molar-refractivity contribution in [1.82, 2.24) is 15.5 Å². The first kappa shape index (κ1) is 26.5. The van der Waals surface area contributed by atoms with Gasteiger partial charge in [0.1, 0.15) is 23.6 Å². The highest BCUT2D eigenvalue weighted by atomic mass is 19.1. The molecule has 6 nitrogen and oxygen atoms in total. The van der Waals surface area contributed by atoms with Gasteiger partial charge in [-0.1, -0.05) is 60.7 Å². The van der Waals surface area contributed by atoms with E-state index < -0.39 is 35.4 Å².